The van der Waals surface area contributed by atoms with Crippen molar-refractivity contribution in [1.82, 2.24) is 10.9 Å². The molecule has 0 bridgehead atoms. The van der Waals surface area contributed by atoms with E-state index in [1.54, 1.807) is 24.3 Å². The number of nitrogens with one attached hydrogen (secondary N) is 2. The number of azide groups is 2. The van der Waals surface area contributed by atoms with Crippen LogP contribution in [0.4, 0.5) is 0 Å². The van der Waals surface area contributed by atoms with Gasteiger partial charge in [-0.25, -0.2) is 10.4 Å². The summed E-state index contributed by atoms with van der Waals surface area (Å²) in [7, 11) is 0. The van der Waals surface area contributed by atoms with E-state index in [1.807, 2.05) is 79.7 Å². The largest absolute Gasteiger partial charge is 0.494 e. The van der Waals surface area contributed by atoms with Crippen LogP contribution in [-0.4, -0.2) is 35.7 Å². The zero-order chi connectivity index (χ0) is 34.5. The van der Waals surface area contributed by atoms with Crippen LogP contribution in [0.2, 0.25) is 0 Å². The zero-order valence-corrected chi connectivity index (χ0v) is 27.1. The van der Waals surface area contributed by atoms with Crippen LogP contribution in [0.3, 0.4) is 0 Å². The molecule has 0 saturated heterocycles. The molecule has 13 nitrogen and oxygen atoms in total. The van der Waals surface area contributed by atoms with Gasteiger partial charge in [0, 0.05) is 41.4 Å². The Hall–Kier alpha value is -5.84. The van der Waals surface area contributed by atoms with Crippen molar-refractivity contribution in [1.29, 1.82) is 0 Å². The minimum absolute atomic E-state index is 0.0290. The van der Waals surface area contributed by atoms with Crippen molar-refractivity contribution in [3.8, 4) is 5.75 Å². The van der Waals surface area contributed by atoms with Crippen LogP contribution in [0, 0.1) is 6.92 Å². The number of aliphatic hydroxyl groups is 1. The Bertz CT molecular complexity index is 1890. The van der Waals surface area contributed by atoms with Crippen molar-refractivity contribution in [2.24, 2.45) is 15.2 Å². The van der Waals surface area contributed by atoms with Crippen molar-refractivity contribution in [3.05, 3.63) is 157 Å². The highest BCUT2D eigenvalue weighted by Gasteiger charge is 2.54. The Morgan fingerprint density at radius 3 is 2.35 bits per heavy atom. The molecule has 4 aromatic carbocycles. The average molecular weight is 660 g/mol. The highest BCUT2D eigenvalue weighted by Crippen LogP contribution is 2.44. The van der Waals surface area contributed by atoms with E-state index in [4.69, 9.17) is 30.6 Å². The summed E-state index contributed by atoms with van der Waals surface area (Å²) in [5.41, 5.74) is 28.2. The van der Waals surface area contributed by atoms with Gasteiger partial charge in [-0.2, -0.15) is 0 Å². The average Bonchev–Trinajstić information content (AvgIpc) is 3.51. The molecule has 250 valence electrons. The van der Waals surface area contributed by atoms with E-state index in [1.165, 1.54) is 0 Å². The second kappa shape index (κ2) is 16.8. The third kappa shape index (κ3) is 8.55. The third-order valence-electron chi connectivity index (χ3n) is 8.13. The number of hydrogen-bond acceptors (Lipinski definition) is 8. The summed E-state index contributed by atoms with van der Waals surface area (Å²) in [6, 6.07) is 29.9. The number of carbonyl (C=O) groups is 1. The maximum absolute atomic E-state index is 14.7. The number of hydrazine groups is 1. The molecular weight excluding hydrogens is 622 g/mol. The maximum atomic E-state index is 14.7. The van der Waals surface area contributed by atoms with E-state index < -0.39 is 17.6 Å². The predicted molar refractivity (Wildman–Crippen MR) is 185 cm³/mol. The number of benzene rings is 4. The summed E-state index contributed by atoms with van der Waals surface area (Å²) < 4.78 is 12.4. The third-order valence-corrected chi connectivity index (χ3v) is 8.13. The minimum atomic E-state index is -1.57. The van der Waals surface area contributed by atoms with Crippen molar-refractivity contribution in [3.63, 3.8) is 0 Å². The Kier molecular flexibility index (Phi) is 11.8. The van der Waals surface area contributed by atoms with Crippen LogP contribution >= 0.6 is 0 Å². The van der Waals surface area contributed by atoms with E-state index in [0.717, 1.165) is 22.3 Å². The smallest absolute Gasteiger partial charge is 0.266 e. The monoisotopic (exact) mass is 659 g/mol. The van der Waals surface area contributed by atoms with Crippen LogP contribution in [0.15, 0.2) is 112 Å². The maximum Gasteiger partial charge on any atom is 0.266 e. The van der Waals surface area contributed by atoms with Gasteiger partial charge in [-0.15, -0.1) is 0 Å². The summed E-state index contributed by atoms with van der Waals surface area (Å²) >= 11 is 0. The second-order valence-corrected chi connectivity index (χ2v) is 11.5. The molecule has 0 saturated carbocycles. The van der Waals surface area contributed by atoms with E-state index in [-0.39, 0.29) is 32.0 Å². The lowest BCUT2D eigenvalue weighted by molar-refractivity contribution is -0.130. The number of aryl methyl sites for hydroxylation is 1. The highest BCUT2D eigenvalue weighted by molar-refractivity contribution is 6.01. The quantitative estimate of drug-likeness (QED) is 0.0396. The number of aliphatic imine (C=N–C) groups is 1. The second-order valence-electron chi connectivity index (χ2n) is 11.5. The molecular formula is C36H37N9O4. The molecule has 13 heteroatoms. The van der Waals surface area contributed by atoms with Crippen LogP contribution in [0.25, 0.3) is 20.9 Å². The van der Waals surface area contributed by atoms with Crippen LogP contribution in [-0.2, 0) is 35.6 Å². The fraction of sp³-hybridized carbons (Fsp3) is 0.278. The molecule has 5 rings (SSSR count). The van der Waals surface area contributed by atoms with Gasteiger partial charge in [-0.1, -0.05) is 88.6 Å². The van der Waals surface area contributed by atoms with Crippen LogP contribution in [0.5, 0.6) is 5.75 Å². The SMILES string of the molecule is Cc1cccc(CNNC(=O)[C@@]2(Cc3ccccc3CN=[N+]=[N-])N=C(c3ccc(OCCCO)cc3)O[C@H]2c2ccccc2CN=[N+]=[N-])c1. The summed E-state index contributed by atoms with van der Waals surface area (Å²) in [4.78, 5) is 25.7. The van der Waals surface area contributed by atoms with Gasteiger partial charge in [0.05, 0.1) is 19.7 Å². The molecule has 49 heavy (non-hydrogen) atoms. The summed E-state index contributed by atoms with van der Waals surface area (Å²) in [5, 5.41) is 16.7. The first-order chi connectivity index (χ1) is 24.0. The first kappa shape index (κ1) is 34.5. The molecule has 3 N–H and O–H groups in total. The zero-order valence-electron chi connectivity index (χ0n) is 27.1. The van der Waals surface area contributed by atoms with Gasteiger partial charge < -0.3 is 14.6 Å². The highest BCUT2D eigenvalue weighted by atomic mass is 16.5. The van der Waals surface area contributed by atoms with E-state index >= 15 is 0 Å². The van der Waals surface area contributed by atoms with Crippen molar-refractivity contribution >= 4 is 11.8 Å². The molecule has 1 heterocycles. The van der Waals surface area contributed by atoms with Gasteiger partial charge >= 0.3 is 0 Å². The standard InChI is InChI=1S/C36H37N9O4/c1-25-8-6-9-26(20-25)22-39-43-35(47)36(21-28-10-2-3-11-29(28)23-40-44-37)33(32-13-5-4-12-30(32)24-41-45-38)49-34(42-36)27-14-16-31(17-15-27)48-19-7-18-46/h2-6,8-17,20,33,39,46H,7,18-19,21-24H2,1H3,(H,43,47)/t33-,36-/m0/s1. The van der Waals surface area contributed by atoms with E-state index in [0.29, 0.717) is 42.0 Å². The number of ether oxygens (including phenoxy) is 2. The van der Waals surface area contributed by atoms with Gasteiger partial charge in [0.25, 0.3) is 5.91 Å². The molecule has 0 aromatic heterocycles. The van der Waals surface area contributed by atoms with Gasteiger partial charge in [-0.3, -0.25) is 10.2 Å². The predicted octanol–water partition coefficient (Wildman–Crippen LogP) is 6.70. The fourth-order valence-electron chi connectivity index (χ4n) is 5.74. The number of aliphatic hydroxyl groups excluding tert-OH is 1. The molecule has 0 aliphatic carbocycles. The Morgan fingerprint density at radius 2 is 1.63 bits per heavy atom. The normalized spacial score (nSPS) is 16.4. The lowest BCUT2D eigenvalue weighted by atomic mass is 9.80. The van der Waals surface area contributed by atoms with Crippen LogP contribution < -0.4 is 15.6 Å². The molecule has 0 fully saturated rings. The Morgan fingerprint density at radius 1 is 0.939 bits per heavy atom. The number of nitrogens with zero attached hydrogens (tertiary/aromatic N) is 7. The number of amides is 1. The van der Waals surface area contributed by atoms with Gasteiger partial charge in [0.15, 0.2) is 11.6 Å². The lowest BCUT2D eigenvalue weighted by Crippen LogP contribution is -2.54. The molecule has 0 unspecified atom stereocenters. The van der Waals surface area contributed by atoms with E-state index in [2.05, 4.69) is 30.9 Å². The number of carbonyl (C=O) groups excluding carboxylic acids is 1. The molecule has 1 aliphatic heterocycles. The first-order valence-corrected chi connectivity index (χ1v) is 15.8. The Labute approximate surface area is 283 Å². The van der Waals surface area contributed by atoms with Gasteiger partial charge in [-0.05, 0) is 70.1 Å². The Balaban J connectivity index is 1.61. The van der Waals surface area contributed by atoms with Gasteiger partial charge in [0.2, 0.25) is 5.90 Å². The summed E-state index contributed by atoms with van der Waals surface area (Å²) in [6.07, 6.45) is -0.346. The van der Waals surface area contributed by atoms with Gasteiger partial charge in [0.1, 0.15) is 5.75 Å². The van der Waals surface area contributed by atoms with Crippen molar-refractivity contribution in [2.75, 3.05) is 13.2 Å². The molecule has 2 atom stereocenters. The minimum Gasteiger partial charge on any atom is -0.494 e. The van der Waals surface area contributed by atoms with Crippen molar-refractivity contribution in [2.45, 2.75) is 51.0 Å². The molecule has 1 aliphatic rings. The lowest BCUT2D eigenvalue weighted by Gasteiger charge is -2.32. The molecule has 0 spiro atoms. The molecule has 1 amide bonds. The fourth-order valence-corrected chi connectivity index (χ4v) is 5.74. The van der Waals surface area contributed by atoms with E-state index in [9.17, 15) is 4.79 Å². The number of rotatable bonds is 16. The molecule has 0 radical (unpaired) electrons. The summed E-state index contributed by atoms with van der Waals surface area (Å²) in [5.74, 6) is 0.413. The van der Waals surface area contributed by atoms with Crippen LogP contribution in [0.1, 0.15) is 51.5 Å². The number of hydrogen-bond donors (Lipinski definition) is 3. The molecule has 4 aromatic rings. The first-order valence-electron chi connectivity index (χ1n) is 15.8. The topological polar surface area (TPSA) is 190 Å². The summed E-state index contributed by atoms with van der Waals surface area (Å²) in [6.45, 7) is 2.89. The van der Waals surface area contributed by atoms with Crippen molar-refractivity contribution < 1.29 is 19.4 Å².